The average molecular weight is 292 g/mol. The van der Waals surface area contributed by atoms with E-state index in [1.54, 1.807) is 0 Å². The van der Waals surface area contributed by atoms with Crippen molar-refractivity contribution in [3.63, 3.8) is 0 Å². The van der Waals surface area contributed by atoms with E-state index in [0.717, 1.165) is 13.0 Å². The van der Waals surface area contributed by atoms with Gasteiger partial charge in [0.25, 0.3) is 0 Å². The Balaban J connectivity index is 2.07. The third kappa shape index (κ3) is 3.55. The third-order valence-electron chi connectivity index (χ3n) is 3.80. The molecule has 2 rings (SSSR count). The van der Waals surface area contributed by atoms with Gasteiger partial charge in [0.05, 0.1) is 6.54 Å². The van der Waals surface area contributed by atoms with Gasteiger partial charge in [0.15, 0.2) is 0 Å². The van der Waals surface area contributed by atoms with Gasteiger partial charge in [-0.15, -0.1) is 0 Å². The minimum atomic E-state index is 0.0531. The molecule has 0 bridgehead atoms. The summed E-state index contributed by atoms with van der Waals surface area (Å²) in [7, 11) is 0. The summed E-state index contributed by atoms with van der Waals surface area (Å²) in [5, 5.41) is 3.35. The van der Waals surface area contributed by atoms with Crippen molar-refractivity contribution in [2.45, 2.75) is 32.9 Å². The number of amides is 1. The minimum Gasteiger partial charge on any atom is -0.322 e. The maximum Gasteiger partial charge on any atom is 0.238 e. The van der Waals surface area contributed by atoms with E-state index in [4.69, 9.17) is 0 Å². The van der Waals surface area contributed by atoms with Gasteiger partial charge in [-0.1, -0.05) is 23.8 Å². The second-order valence-electron chi connectivity index (χ2n) is 5.43. The Bertz CT molecular complexity index is 476. The summed E-state index contributed by atoms with van der Waals surface area (Å²) in [6.07, 6.45) is 4.43. The van der Waals surface area contributed by atoms with Crippen LogP contribution >= 0.6 is 11.8 Å². The lowest BCUT2D eigenvalue weighted by molar-refractivity contribution is -0.128. The molecule has 3 nitrogen and oxygen atoms in total. The highest BCUT2D eigenvalue weighted by atomic mass is 32.2. The molecule has 1 N–H and O–H groups in total. The second-order valence-corrected chi connectivity index (χ2v) is 6.42. The van der Waals surface area contributed by atoms with E-state index in [9.17, 15) is 4.79 Å². The molecule has 1 amide bonds. The number of hydrogen-bond acceptors (Lipinski definition) is 3. The molecule has 1 aromatic rings. The van der Waals surface area contributed by atoms with Crippen molar-refractivity contribution in [3.05, 3.63) is 34.9 Å². The van der Waals surface area contributed by atoms with Gasteiger partial charge in [0.2, 0.25) is 5.91 Å². The first kappa shape index (κ1) is 15.4. The lowest BCUT2D eigenvalue weighted by Crippen LogP contribution is -2.31. The fourth-order valence-corrected chi connectivity index (χ4v) is 3.23. The number of hydrogen-bond donors (Lipinski definition) is 1. The molecule has 1 aliphatic rings. The molecule has 0 radical (unpaired) electrons. The highest BCUT2D eigenvalue weighted by Crippen LogP contribution is 2.26. The number of thioether (sulfide) groups is 1. The van der Waals surface area contributed by atoms with Gasteiger partial charge in [0.1, 0.15) is 6.17 Å². The van der Waals surface area contributed by atoms with Crippen LogP contribution in [0.1, 0.15) is 35.7 Å². The Hall–Kier alpha value is -1.00. The normalized spacial score (nSPS) is 18.9. The summed E-state index contributed by atoms with van der Waals surface area (Å²) < 4.78 is 0. The third-order valence-corrected chi connectivity index (χ3v) is 4.49. The average Bonchev–Trinajstić information content (AvgIpc) is 2.76. The maximum atomic E-state index is 12.1. The first-order valence-corrected chi connectivity index (χ1v) is 8.62. The van der Waals surface area contributed by atoms with Crippen LogP contribution in [-0.2, 0) is 4.79 Å². The van der Waals surface area contributed by atoms with Crippen molar-refractivity contribution < 1.29 is 4.79 Å². The van der Waals surface area contributed by atoms with Crippen LogP contribution in [-0.4, -0.2) is 35.9 Å². The molecule has 1 aromatic carbocycles. The molecule has 4 heteroatoms. The fourth-order valence-electron chi connectivity index (χ4n) is 2.73. The Morgan fingerprint density at radius 3 is 2.85 bits per heavy atom. The Morgan fingerprint density at radius 2 is 2.15 bits per heavy atom. The molecule has 110 valence electrons. The number of benzene rings is 1. The zero-order valence-electron chi connectivity index (χ0n) is 12.6. The quantitative estimate of drug-likeness (QED) is 0.818. The molecule has 1 fully saturated rings. The first-order valence-electron chi connectivity index (χ1n) is 7.22. The van der Waals surface area contributed by atoms with Gasteiger partial charge in [0, 0.05) is 6.54 Å². The Kier molecular flexibility index (Phi) is 5.49. The number of carbonyl (C=O) groups is 1. The van der Waals surface area contributed by atoms with E-state index in [-0.39, 0.29) is 12.1 Å². The van der Waals surface area contributed by atoms with Gasteiger partial charge < -0.3 is 4.90 Å². The zero-order chi connectivity index (χ0) is 14.5. The molecule has 1 heterocycles. The van der Waals surface area contributed by atoms with E-state index in [2.05, 4.69) is 43.6 Å². The van der Waals surface area contributed by atoms with Gasteiger partial charge >= 0.3 is 0 Å². The van der Waals surface area contributed by atoms with Gasteiger partial charge in [-0.3, -0.25) is 10.1 Å². The van der Waals surface area contributed by atoms with Crippen LogP contribution in [0, 0.1) is 13.8 Å². The predicted molar refractivity (Wildman–Crippen MR) is 86.0 cm³/mol. The Labute approximate surface area is 126 Å². The number of carbonyl (C=O) groups excluding carboxylic acids is 1. The van der Waals surface area contributed by atoms with Crippen molar-refractivity contribution in [1.82, 2.24) is 10.2 Å². The maximum absolute atomic E-state index is 12.1. The van der Waals surface area contributed by atoms with Crippen LogP contribution in [0.5, 0.6) is 0 Å². The number of nitrogens with one attached hydrogen (secondary N) is 1. The van der Waals surface area contributed by atoms with Crippen molar-refractivity contribution in [1.29, 1.82) is 0 Å². The molecular weight excluding hydrogens is 268 g/mol. The summed E-state index contributed by atoms with van der Waals surface area (Å²) in [5.74, 6) is 1.39. The summed E-state index contributed by atoms with van der Waals surface area (Å²) >= 11 is 1.87. The monoisotopic (exact) mass is 292 g/mol. The van der Waals surface area contributed by atoms with Gasteiger partial charge in [-0.05, 0) is 49.8 Å². The summed E-state index contributed by atoms with van der Waals surface area (Å²) in [4.78, 5) is 14.1. The molecule has 1 saturated heterocycles. The molecule has 0 aliphatic carbocycles. The molecule has 0 aromatic heterocycles. The second kappa shape index (κ2) is 7.14. The summed E-state index contributed by atoms with van der Waals surface area (Å²) in [6, 6.07) is 6.46. The molecule has 0 spiro atoms. The van der Waals surface area contributed by atoms with Crippen molar-refractivity contribution >= 4 is 17.7 Å². The van der Waals surface area contributed by atoms with Gasteiger partial charge in [-0.2, -0.15) is 11.8 Å². The van der Waals surface area contributed by atoms with Crippen LogP contribution in [0.25, 0.3) is 0 Å². The largest absolute Gasteiger partial charge is 0.322 e. The molecule has 0 saturated carbocycles. The Morgan fingerprint density at radius 1 is 1.35 bits per heavy atom. The fraction of sp³-hybridized carbons (Fsp3) is 0.562. The first-order chi connectivity index (χ1) is 9.63. The van der Waals surface area contributed by atoms with Crippen LogP contribution in [0.15, 0.2) is 18.2 Å². The van der Waals surface area contributed by atoms with Crippen LogP contribution < -0.4 is 5.32 Å². The number of aryl methyl sites for hydroxylation is 2. The number of rotatable bonds is 6. The zero-order valence-corrected chi connectivity index (χ0v) is 13.4. The molecule has 1 unspecified atom stereocenters. The molecule has 1 atom stereocenters. The lowest BCUT2D eigenvalue weighted by atomic mass is 10.0. The van der Waals surface area contributed by atoms with Crippen molar-refractivity contribution in [3.8, 4) is 0 Å². The van der Waals surface area contributed by atoms with Gasteiger partial charge in [-0.25, -0.2) is 0 Å². The minimum absolute atomic E-state index is 0.0531. The van der Waals surface area contributed by atoms with Crippen molar-refractivity contribution in [2.24, 2.45) is 0 Å². The van der Waals surface area contributed by atoms with E-state index >= 15 is 0 Å². The van der Waals surface area contributed by atoms with E-state index < -0.39 is 0 Å². The summed E-state index contributed by atoms with van der Waals surface area (Å²) in [5.41, 5.74) is 3.75. The summed E-state index contributed by atoms with van der Waals surface area (Å²) in [6.45, 7) is 5.54. The van der Waals surface area contributed by atoms with Crippen LogP contribution in [0.3, 0.4) is 0 Å². The highest BCUT2D eigenvalue weighted by Gasteiger charge is 2.31. The smallest absolute Gasteiger partial charge is 0.238 e. The van der Waals surface area contributed by atoms with Crippen LogP contribution in [0.2, 0.25) is 0 Å². The molecule has 20 heavy (non-hydrogen) atoms. The topological polar surface area (TPSA) is 32.3 Å². The lowest BCUT2D eigenvalue weighted by Gasteiger charge is -2.26. The number of unbranched alkanes of at least 4 members (excludes halogenated alkanes) is 1. The SMILES string of the molecule is CSCCCCN1C(=O)CNC1c1ccc(C)cc1C. The molecule has 1 aliphatic heterocycles. The predicted octanol–water partition coefficient (Wildman–Crippen LogP) is 2.88. The standard InChI is InChI=1S/C16H24N2OS/c1-12-6-7-14(13(2)10-12)16-17-11-15(19)18(16)8-4-5-9-20-3/h6-7,10,16-17H,4-5,8-9,11H2,1-3H3. The van der Waals surface area contributed by atoms with E-state index in [1.807, 2.05) is 16.7 Å². The van der Waals surface area contributed by atoms with E-state index in [1.165, 1.54) is 28.9 Å². The molecular formula is C16H24N2OS. The van der Waals surface area contributed by atoms with Crippen molar-refractivity contribution in [2.75, 3.05) is 25.1 Å². The number of nitrogens with zero attached hydrogens (tertiary/aromatic N) is 1. The highest BCUT2D eigenvalue weighted by molar-refractivity contribution is 7.98. The van der Waals surface area contributed by atoms with E-state index in [0.29, 0.717) is 6.54 Å². The van der Waals surface area contributed by atoms with Crippen LogP contribution in [0.4, 0.5) is 0 Å².